The van der Waals surface area contributed by atoms with Crippen molar-refractivity contribution in [1.29, 1.82) is 0 Å². The molecule has 0 aliphatic heterocycles. The minimum absolute atomic E-state index is 0. The quantitative estimate of drug-likeness (QED) is 0.716. The SMILES string of the molecule is CCCC1=CC=CC1.[Eu]. The van der Waals surface area contributed by atoms with E-state index in [2.05, 4.69) is 25.2 Å². The van der Waals surface area contributed by atoms with Crippen molar-refractivity contribution >= 4 is 0 Å². The van der Waals surface area contributed by atoms with Crippen LogP contribution in [0.3, 0.4) is 0 Å². The third-order valence-electron chi connectivity index (χ3n) is 1.42. The molecule has 0 aromatic rings. The van der Waals surface area contributed by atoms with Crippen LogP contribution in [0, 0.1) is 49.4 Å². The Labute approximate surface area is 97.9 Å². The van der Waals surface area contributed by atoms with Crippen molar-refractivity contribution in [2.45, 2.75) is 26.2 Å². The van der Waals surface area contributed by atoms with Gasteiger partial charge in [-0.25, -0.2) is 0 Å². The largest absolute Gasteiger partial charge is 0.0805 e. The first kappa shape index (κ1) is 10.1. The van der Waals surface area contributed by atoms with Crippen LogP contribution in [0.1, 0.15) is 26.2 Å². The van der Waals surface area contributed by atoms with Crippen LogP contribution in [-0.4, -0.2) is 0 Å². The molecule has 0 atom stereocenters. The van der Waals surface area contributed by atoms with Crippen LogP contribution in [0.2, 0.25) is 0 Å². The molecule has 1 rings (SSSR count). The maximum Gasteiger partial charge on any atom is 0 e. The number of allylic oxidation sites excluding steroid dienone is 4. The molecule has 0 aromatic heterocycles. The van der Waals surface area contributed by atoms with E-state index in [-0.39, 0.29) is 49.4 Å². The van der Waals surface area contributed by atoms with Gasteiger partial charge in [-0.3, -0.25) is 0 Å². The first-order chi connectivity index (χ1) is 3.93. The molecule has 0 saturated carbocycles. The molecule has 1 aliphatic rings. The first-order valence-electron chi connectivity index (χ1n) is 3.28. The molecule has 0 amide bonds. The van der Waals surface area contributed by atoms with Crippen LogP contribution < -0.4 is 0 Å². The predicted molar refractivity (Wildman–Crippen MR) is 36.7 cm³/mol. The van der Waals surface area contributed by atoms with Gasteiger partial charge in [0.1, 0.15) is 0 Å². The van der Waals surface area contributed by atoms with E-state index in [9.17, 15) is 0 Å². The van der Waals surface area contributed by atoms with Gasteiger partial charge in [0.15, 0.2) is 0 Å². The molecule has 51 valence electrons. The molecule has 0 bridgehead atoms. The van der Waals surface area contributed by atoms with E-state index in [4.69, 9.17) is 0 Å². The van der Waals surface area contributed by atoms with Crippen LogP contribution in [0.25, 0.3) is 0 Å². The molecule has 1 heteroatoms. The molecule has 0 fully saturated rings. The van der Waals surface area contributed by atoms with Crippen molar-refractivity contribution in [3.8, 4) is 0 Å². The van der Waals surface area contributed by atoms with Crippen molar-refractivity contribution in [2.24, 2.45) is 0 Å². The molecule has 0 aromatic carbocycles. The van der Waals surface area contributed by atoms with Gasteiger partial charge in [-0.05, 0) is 12.8 Å². The maximum atomic E-state index is 2.23. The van der Waals surface area contributed by atoms with Crippen molar-refractivity contribution < 1.29 is 49.4 Å². The molecule has 0 saturated heterocycles. The molecule has 0 nitrogen and oxygen atoms in total. The van der Waals surface area contributed by atoms with Gasteiger partial charge in [0.05, 0.1) is 0 Å². The minimum atomic E-state index is 0. The summed E-state index contributed by atoms with van der Waals surface area (Å²) in [5.74, 6) is 0. The third kappa shape index (κ3) is 3.70. The van der Waals surface area contributed by atoms with Gasteiger partial charge in [0.2, 0.25) is 0 Å². The summed E-state index contributed by atoms with van der Waals surface area (Å²) in [5.41, 5.74) is 1.59. The van der Waals surface area contributed by atoms with Crippen LogP contribution in [-0.2, 0) is 0 Å². The van der Waals surface area contributed by atoms with Crippen molar-refractivity contribution in [2.75, 3.05) is 0 Å². The molecule has 0 heterocycles. The van der Waals surface area contributed by atoms with Crippen LogP contribution >= 0.6 is 0 Å². The molecule has 1 radical (unpaired) electrons. The van der Waals surface area contributed by atoms with E-state index in [0.717, 1.165) is 0 Å². The number of hydrogen-bond acceptors (Lipinski definition) is 0. The molecular formula is C8H12Eu. The summed E-state index contributed by atoms with van der Waals surface area (Å²) in [5, 5.41) is 0. The van der Waals surface area contributed by atoms with Gasteiger partial charge in [-0.1, -0.05) is 37.1 Å². The average molecular weight is 260 g/mol. The van der Waals surface area contributed by atoms with E-state index in [1.165, 1.54) is 19.3 Å². The zero-order valence-electron chi connectivity index (χ0n) is 5.73. The topological polar surface area (TPSA) is 0 Å². The van der Waals surface area contributed by atoms with Crippen molar-refractivity contribution in [3.63, 3.8) is 0 Å². The second kappa shape index (κ2) is 5.82. The standard InChI is InChI=1S/C8H12.Eu/c1-2-5-8-6-3-4-7-8;/h3-4,6H,2,5,7H2,1H3;. The third-order valence-corrected chi connectivity index (χ3v) is 1.42. The Morgan fingerprint density at radius 1 is 1.56 bits per heavy atom. The fourth-order valence-corrected chi connectivity index (χ4v) is 0.998. The molecular weight excluding hydrogens is 248 g/mol. The Balaban J connectivity index is 0.000000640. The summed E-state index contributed by atoms with van der Waals surface area (Å²) < 4.78 is 0. The van der Waals surface area contributed by atoms with Crippen LogP contribution in [0.4, 0.5) is 0 Å². The number of rotatable bonds is 2. The summed E-state index contributed by atoms with van der Waals surface area (Å²) in [6.45, 7) is 2.22. The smallest absolute Gasteiger partial charge is 0 e. The van der Waals surface area contributed by atoms with E-state index >= 15 is 0 Å². The Bertz CT molecular complexity index is 123. The first-order valence-corrected chi connectivity index (χ1v) is 3.28. The van der Waals surface area contributed by atoms with Gasteiger partial charge in [0, 0.05) is 49.4 Å². The van der Waals surface area contributed by atoms with Gasteiger partial charge >= 0.3 is 0 Å². The Hall–Kier alpha value is 1.06. The second-order valence-electron chi connectivity index (χ2n) is 2.21. The fraction of sp³-hybridized carbons (Fsp3) is 0.500. The zero-order valence-corrected chi connectivity index (χ0v) is 8.16. The predicted octanol–water partition coefficient (Wildman–Crippen LogP) is 2.67. The zero-order chi connectivity index (χ0) is 5.82. The Morgan fingerprint density at radius 2 is 2.33 bits per heavy atom. The Kier molecular flexibility index (Phi) is 6.51. The van der Waals surface area contributed by atoms with E-state index in [1.54, 1.807) is 5.57 Å². The number of hydrogen-bond donors (Lipinski definition) is 0. The summed E-state index contributed by atoms with van der Waals surface area (Å²) in [7, 11) is 0. The van der Waals surface area contributed by atoms with Gasteiger partial charge < -0.3 is 0 Å². The molecule has 0 spiro atoms. The van der Waals surface area contributed by atoms with Gasteiger partial charge in [-0.15, -0.1) is 0 Å². The fourth-order valence-electron chi connectivity index (χ4n) is 0.998. The molecule has 0 N–H and O–H groups in total. The van der Waals surface area contributed by atoms with Gasteiger partial charge in [0.25, 0.3) is 0 Å². The van der Waals surface area contributed by atoms with E-state index < -0.39 is 0 Å². The minimum Gasteiger partial charge on any atom is -0.0805 e. The Morgan fingerprint density at radius 3 is 2.78 bits per heavy atom. The molecule has 1 aliphatic carbocycles. The molecule has 0 unspecified atom stereocenters. The summed E-state index contributed by atoms with van der Waals surface area (Å²) in [6, 6.07) is 0. The van der Waals surface area contributed by atoms with Crippen molar-refractivity contribution in [1.82, 2.24) is 0 Å². The molecule has 9 heavy (non-hydrogen) atoms. The maximum absolute atomic E-state index is 2.23. The van der Waals surface area contributed by atoms with E-state index in [1.807, 2.05) is 0 Å². The summed E-state index contributed by atoms with van der Waals surface area (Å²) in [4.78, 5) is 0. The summed E-state index contributed by atoms with van der Waals surface area (Å²) >= 11 is 0. The average Bonchev–Trinajstić information content (AvgIpc) is 2.19. The second-order valence-corrected chi connectivity index (χ2v) is 2.21. The monoisotopic (exact) mass is 261 g/mol. The van der Waals surface area contributed by atoms with Gasteiger partial charge in [-0.2, -0.15) is 0 Å². The van der Waals surface area contributed by atoms with Crippen molar-refractivity contribution in [3.05, 3.63) is 23.8 Å². The normalized spacial score (nSPS) is 15.0. The van der Waals surface area contributed by atoms with Crippen LogP contribution in [0.5, 0.6) is 0 Å². The van der Waals surface area contributed by atoms with Crippen LogP contribution in [0.15, 0.2) is 23.8 Å². The summed E-state index contributed by atoms with van der Waals surface area (Å²) in [6.07, 6.45) is 10.4. The van der Waals surface area contributed by atoms with E-state index in [0.29, 0.717) is 0 Å².